The van der Waals surface area contributed by atoms with E-state index in [1.165, 1.54) is 6.20 Å². The molecule has 0 unspecified atom stereocenters. The Morgan fingerprint density at radius 3 is 2.76 bits per heavy atom. The van der Waals surface area contributed by atoms with Gasteiger partial charge < -0.3 is 31.5 Å². The Bertz CT molecular complexity index is 1220. The lowest BCUT2D eigenvalue weighted by molar-refractivity contribution is 0.0625. The van der Waals surface area contributed by atoms with Gasteiger partial charge in [-0.3, -0.25) is 9.78 Å². The number of amides is 2. The van der Waals surface area contributed by atoms with Gasteiger partial charge in [0.15, 0.2) is 11.6 Å². The van der Waals surface area contributed by atoms with E-state index in [0.29, 0.717) is 24.4 Å². The summed E-state index contributed by atoms with van der Waals surface area (Å²) >= 11 is 0. The van der Waals surface area contributed by atoms with Gasteiger partial charge in [0.05, 0.1) is 54.2 Å². The largest absolute Gasteiger partial charge is 0.465 e. The summed E-state index contributed by atoms with van der Waals surface area (Å²) in [5.74, 6) is -1.83. The fourth-order valence-corrected chi connectivity index (χ4v) is 3.57. The zero-order valence-electron chi connectivity index (χ0n) is 18.2. The fraction of sp³-hybridized carbons (Fsp3) is 0.286. The zero-order chi connectivity index (χ0) is 24.2. The molecule has 4 heterocycles. The second kappa shape index (κ2) is 9.70. The Morgan fingerprint density at radius 2 is 2.06 bits per heavy atom. The molecule has 3 aromatic rings. The highest BCUT2D eigenvalue weighted by molar-refractivity contribution is 5.98. The van der Waals surface area contributed by atoms with Crippen LogP contribution in [0.15, 0.2) is 36.9 Å². The normalized spacial score (nSPS) is 17.7. The van der Waals surface area contributed by atoms with Crippen molar-refractivity contribution in [1.82, 2.24) is 25.1 Å². The monoisotopic (exact) mass is 470 g/mol. The summed E-state index contributed by atoms with van der Waals surface area (Å²) in [5, 5.41) is 21.5. The van der Waals surface area contributed by atoms with Crippen LogP contribution in [0.25, 0.3) is 5.69 Å². The van der Waals surface area contributed by atoms with Crippen LogP contribution in [0.4, 0.5) is 26.5 Å². The quantitative estimate of drug-likeness (QED) is 0.345. The molecule has 6 N–H and O–H groups in total. The topological polar surface area (TPSA) is 169 Å². The highest BCUT2D eigenvalue weighted by Crippen LogP contribution is 2.26. The summed E-state index contributed by atoms with van der Waals surface area (Å²) < 4.78 is 21.8. The number of carbonyl (C=O) groups is 2. The van der Waals surface area contributed by atoms with Gasteiger partial charge in [0.25, 0.3) is 5.91 Å². The van der Waals surface area contributed by atoms with Crippen molar-refractivity contribution in [3.8, 4) is 5.69 Å². The summed E-state index contributed by atoms with van der Waals surface area (Å²) in [6.45, 7) is 2.40. The van der Waals surface area contributed by atoms with Crippen LogP contribution in [0.5, 0.6) is 0 Å². The number of hydrogen-bond acceptors (Lipinski definition) is 8. The number of carboxylic acid groups (broad SMARTS) is 1. The Kier molecular flexibility index (Phi) is 6.54. The van der Waals surface area contributed by atoms with Crippen LogP contribution in [0.3, 0.4) is 0 Å². The third-order valence-corrected chi connectivity index (χ3v) is 5.19. The van der Waals surface area contributed by atoms with Crippen molar-refractivity contribution in [2.75, 3.05) is 23.8 Å². The molecule has 2 amide bonds. The first-order valence-corrected chi connectivity index (χ1v) is 10.4. The number of carbonyl (C=O) groups excluding carboxylic acids is 1. The molecule has 12 nitrogen and oxygen atoms in total. The van der Waals surface area contributed by atoms with Crippen molar-refractivity contribution in [3.05, 3.63) is 53.9 Å². The predicted molar refractivity (Wildman–Crippen MR) is 120 cm³/mol. The van der Waals surface area contributed by atoms with E-state index in [2.05, 4.69) is 31.0 Å². The molecule has 0 aromatic carbocycles. The van der Waals surface area contributed by atoms with Crippen LogP contribution in [0.1, 0.15) is 22.3 Å². The fourth-order valence-electron chi connectivity index (χ4n) is 3.57. The minimum atomic E-state index is -1.22. The number of nitrogens with two attached hydrogens (primary N) is 1. The number of primary amides is 1. The summed E-state index contributed by atoms with van der Waals surface area (Å²) in [4.78, 5) is 31.5. The molecule has 1 fully saturated rings. The number of aromatic nitrogens is 4. The average molecular weight is 470 g/mol. The van der Waals surface area contributed by atoms with Crippen LogP contribution in [-0.2, 0) is 4.74 Å². The molecule has 0 spiro atoms. The van der Waals surface area contributed by atoms with Gasteiger partial charge in [-0.1, -0.05) is 0 Å². The van der Waals surface area contributed by atoms with Crippen LogP contribution in [0, 0.1) is 12.7 Å². The number of ether oxygens (including phenoxy) is 1. The van der Waals surface area contributed by atoms with Crippen molar-refractivity contribution in [3.63, 3.8) is 0 Å². The second-order valence-electron chi connectivity index (χ2n) is 7.77. The van der Waals surface area contributed by atoms with Crippen LogP contribution >= 0.6 is 0 Å². The van der Waals surface area contributed by atoms with Gasteiger partial charge in [-0.05, 0) is 31.0 Å². The third kappa shape index (κ3) is 5.20. The highest BCUT2D eigenvalue weighted by Gasteiger charge is 2.29. The molecule has 0 radical (unpaired) electrons. The maximum atomic E-state index is 14.8. The van der Waals surface area contributed by atoms with E-state index in [0.717, 1.165) is 11.6 Å². The van der Waals surface area contributed by atoms with Gasteiger partial charge in [-0.2, -0.15) is 5.10 Å². The van der Waals surface area contributed by atoms with Crippen molar-refractivity contribution >= 4 is 29.3 Å². The van der Waals surface area contributed by atoms with Gasteiger partial charge in [0, 0.05) is 12.8 Å². The molecule has 0 saturated carbocycles. The number of halogens is 1. The number of rotatable bonds is 7. The second-order valence-corrected chi connectivity index (χ2v) is 7.77. The van der Waals surface area contributed by atoms with Crippen molar-refractivity contribution in [1.29, 1.82) is 0 Å². The first kappa shape index (κ1) is 22.9. The summed E-state index contributed by atoms with van der Waals surface area (Å²) in [7, 11) is 0. The number of nitrogens with one attached hydrogen (secondary N) is 3. The number of aryl methyl sites for hydroxylation is 1. The Hall–Kier alpha value is -4.26. The SMILES string of the molecule is Cc1cnn(-c2cncc(Nc3nc(N[C@@H]4CCOC[C@@H]4NC(=O)O)c(F)cc3C(N)=O)c2)c1. The van der Waals surface area contributed by atoms with E-state index < -0.39 is 29.9 Å². The van der Waals surface area contributed by atoms with E-state index >= 15 is 0 Å². The van der Waals surface area contributed by atoms with Gasteiger partial charge >= 0.3 is 6.09 Å². The molecule has 1 saturated heterocycles. The number of hydrogen-bond donors (Lipinski definition) is 5. The smallest absolute Gasteiger partial charge is 0.405 e. The zero-order valence-corrected chi connectivity index (χ0v) is 18.2. The Morgan fingerprint density at radius 1 is 1.24 bits per heavy atom. The van der Waals surface area contributed by atoms with Crippen LogP contribution < -0.4 is 21.7 Å². The van der Waals surface area contributed by atoms with Gasteiger partial charge in [0.1, 0.15) is 5.82 Å². The van der Waals surface area contributed by atoms with Crippen LogP contribution in [-0.4, -0.2) is 62.2 Å². The molecule has 1 aliphatic heterocycles. The highest BCUT2D eigenvalue weighted by atomic mass is 19.1. The lowest BCUT2D eigenvalue weighted by Gasteiger charge is -2.32. The van der Waals surface area contributed by atoms with Crippen LogP contribution in [0.2, 0.25) is 0 Å². The number of nitrogens with zero attached hydrogens (tertiary/aromatic N) is 4. The molecule has 34 heavy (non-hydrogen) atoms. The summed E-state index contributed by atoms with van der Waals surface area (Å²) in [6.07, 6.45) is 5.84. The molecule has 0 aliphatic carbocycles. The molecule has 0 bridgehead atoms. The maximum absolute atomic E-state index is 14.8. The first-order valence-electron chi connectivity index (χ1n) is 10.4. The van der Waals surface area contributed by atoms with Gasteiger partial charge in [-0.25, -0.2) is 18.9 Å². The predicted octanol–water partition coefficient (Wildman–Crippen LogP) is 1.79. The van der Waals surface area contributed by atoms with E-state index in [1.54, 1.807) is 23.1 Å². The van der Waals surface area contributed by atoms with E-state index in [1.807, 2.05) is 13.1 Å². The first-order chi connectivity index (χ1) is 16.3. The molecule has 4 rings (SSSR count). The van der Waals surface area contributed by atoms with Crippen molar-refractivity contribution in [2.45, 2.75) is 25.4 Å². The minimum absolute atomic E-state index is 0.0156. The Labute approximate surface area is 193 Å². The van der Waals surface area contributed by atoms with Gasteiger partial charge in [0.2, 0.25) is 0 Å². The van der Waals surface area contributed by atoms with E-state index in [9.17, 15) is 14.0 Å². The van der Waals surface area contributed by atoms with Crippen molar-refractivity contribution < 1.29 is 23.8 Å². The van der Waals surface area contributed by atoms with E-state index in [-0.39, 0.29) is 23.8 Å². The van der Waals surface area contributed by atoms with Crippen molar-refractivity contribution in [2.24, 2.45) is 5.73 Å². The third-order valence-electron chi connectivity index (χ3n) is 5.19. The molecular weight excluding hydrogens is 447 g/mol. The lowest BCUT2D eigenvalue weighted by Crippen LogP contribution is -2.52. The summed E-state index contributed by atoms with van der Waals surface area (Å²) in [6, 6.07) is 1.62. The molecule has 13 heteroatoms. The van der Waals surface area contributed by atoms with Gasteiger partial charge in [-0.15, -0.1) is 0 Å². The number of pyridine rings is 2. The standard InChI is InChI=1S/C21H23FN8O4/c1-11-6-25-30(9-11)13-4-12(7-24-8-13)26-19-14(18(23)31)5-15(22)20(29-19)27-16-2-3-34-10-17(16)28-21(32)33/h4-9,16-17,28H,2-3,10H2,1H3,(H2,23,31)(H,32,33)(H2,26,27,29)/t16-,17+/m1/s1. The lowest BCUT2D eigenvalue weighted by atomic mass is 10.0. The number of anilines is 3. The molecule has 1 aliphatic rings. The average Bonchev–Trinajstić information content (AvgIpc) is 3.23. The molecule has 3 aromatic heterocycles. The molecular formula is C21H23FN8O4. The minimum Gasteiger partial charge on any atom is -0.465 e. The maximum Gasteiger partial charge on any atom is 0.405 e. The summed E-state index contributed by atoms with van der Waals surface area (Å²) in [5.41, 5.74) is 7.38. The van der Waals surface area contributed by atoms with E-state index in [4.69, 9.17) is 15.6 Å². The Balaban J connectivity index is 1.63. The molecule has 178 valence electrons. The molecule has 2 atom stereocenters.